The fraction of sp³-hybridized carbons (Fsp3) is 0.257. The highest BCUT2D eigenvalue weighted by molar-refractivity contribution is 7.92. The van der Waals surface area contributed by atoms with Gasteiger partial charge in [0, 0.05) is 23.5 Å². The second-order valence-corrected chi connectivity index (χ2v) is 14.8. The van der Waals surface area contributed by atoms with Crippen molar-refractivity contribution in [1.29, 1.82) is 0 Å². The van der Waals surface area contributed by atoms with Gasteiger partial charge in [-0.05, 0) is 74.4 Å². The molecule has 48 heavy (non-hydrogen) atoms. The molecular weight excluding hydrogens is 686 g/mol. The molecule has 0 aliphatic rings. The quantitative estimate of drug-likeness (QED) is 0.172. The minimum atomic E-state index is -4.84. The van der Waals surface area contributed by atoms with Gasteiger partial charge in [0.25, 0.3) is 10.0 Å². The summed E-state index contributed by atoms with van der Waals surface area (Å²) in [6, 6.07) is 23.5. The lowest BCUT2D eigenvalue weighted by molar-refractivity contribution is -0.140. The number of sulfonamides is 1. The second kappa shape index (κ2) is 15.0. The lowest BCUT2D eigenvalue weighted by atomic mass is 10.0. The van der Waals surface area contributed by atoms with Crippen molar-refractivity contribution in [3.8, 4) is 0 Å². The van der Waals surface area contributed by atoms with Gasteiger partial charge < -0.3 is 10.2 Å². The second-order valence-electron chi connectivity index (χ2n) is 12.1. The van der Waals surface area contributed by atoms with Gasteiger partial charge >= 0.3 is 6.18 Å². The molecule has 0 radical (unpaired) electrons. The summed E-state index contributed by atoms with van der Waals surface area (Å²) in [4.78, 5) is 29.4. The lowest BCUT2D eigenvalue weighted by Gasteiger charge is -2.35. The van der Waals surface area contributed by atoms with Crippen molar-refractivity contribution in [3.63, 3.8) is 0 Å². The molecule has 4 aromatic rings. The molecule has 0 fully saturated rings. The van der Waals surface area contributed by atoms with Crippen LogP contribution in [0.4, 0.5) is 18.9 Å². The monoisotopic (exact) mass is 719 g/mol. The van der Waals surface area contributed by atoms with Crippen LogP contribution in [0.25, 0.3) is 0 Å². The summed E-state index contributed by atoms with van der Waals surface area (Å²) in [7, 11) is -4.66. The fourth-order valence-corrected chi connectivity index (χ4v) is 6.75. The van der Waals surface area contributed by atoms with Gasteiger partial charge in [-0.25, -0.2) is 8.42 Å². The number of hydrogen-bond acceptors (Lipinski definition) is 4. The van der Waals surface area contributed by atoms with E-state index in [1.165, 1.54) is 29.2 Å². The Bertz CT molecular complexity index is 1840. The number of amides is 2. The van der Waals surface area contributed by atoms with Crippen LogP contribution in [0.3, 0.4) is 0 Å². The number of benzene rings is 4. The number of anilines is 1. The van der Waals surface area contributed by atoms with E-state index < -0.39 is 57.4 Å². The highest BCUT2D eigenvalue weighted by Crippen LogP contribution is 2.37. The molecule has 13 heteroatoms. The first kappa shape index (κ1) is 36.8. The summed E-state index contributed by atoms with van der Waals surface area (Å²) in [5, 5.41) is 3.02. The Morgan fingerprint density at radius 1 is 0.812 bits per heavy atom. The third-order valence-electron chi connectivity index (χ3n) is 7.19. The average Bonchev–Trinajstić information content (AvgIpc) is 3.02. The molecule has 4 aromatic carbocycles. The van der Waals surface area contributed by atoms with E-state index >= 15 is 0 Å². The molecule has 0 aromatic heterocycles. The van der Waals surface area contributed by atoms with Gasteiger partial charge in [-0.15, -0.1) is 0 Å². The van der Waals surface area contributed by atoms with E-state index in [9.17, 15) is 31.2 Å². The number of carbonyl (C=O) groups excluding carboxylic acids is 2. The van der Waals surface area contributed by atoms with Gasteiger partial charge in [0.05, 0.1) is 21.2 Å². The molecule has 1 N–H and O–H groups in total. The Hall–Kier alpha value is -4.06. The van der Waals surface area contributed by atoms with Crippen LogP contribution >= 0.6 is 23.2 Å². The Morgan fingerprint density at radius 2 is 1.40 bits per heavy atom. The first-order chi connectivity index (χ1) is 22.5. The van der Waals surface area contributed by atoms with Crippen molar-refractivity contribution in [1.82, 2.24) is 10.2 Å². The molecule has 2 amide bonds. The van der Waals surface area contributed by atoms with Gasteiger partial charge in [0.15, 0.2) is 0 Å². The zero-order valence-corrected chi connectivity index (χ0v) is 28.7. The van der Waals surface area contributed by atoms with Crippen molar-refractivity contribution in [2.45, 2.75) is 56.4 Å². The molecule has 0 heterocycles. The Morgan fingerprint density at radius 3 is 1.96 bits per heavy atom. The maximum Gasteiger partial charge on any atom is 0.416 e. The predicted molar refractivity (Wildman–Crippen MR) is 181 cm³/mol. The minimum absolute atomic E-state index is 0.0534. The molecule has 4 rings (SSSR count). The maximum atomic E-state index is 14.5. The number of nitrogens with zero attached hydrogens (tertiary/aromatic N) is 2. The van der Waals surface area contributed by atoms with Crippen LogP contribution in [0.1, 0.15) is 37.5 Å². The van der Waals surface area contributed by atoms with E-state index in [-0.39, 0.29) is 22.9 Å². The zero-order valence-electron chi connectivity index (χ0n) is 26.3. The number of carbonyl (C=O) groups is 2. The van der Waals surface area contributed by atoms with Crippen LogP contribution < -0.4 is 9.62 Å². The first-order valence-electron chi connectivity index (χ1n) is 14.8. The highest BCUT2D eigenvalue weighted by atomic mass is 35.5. The highest BCUT2D eigenvalue weighted by Gasteiger charge is 2.38. The first-order valence-corrected chi connectivity index (χ1v) is 17.0. The van der Waals surface area contributed by atoms with E-state index in [2.05, 4.69) is 5.32 Å². The van der Waals surface area contributed by atoms with E-state index in [1.807, 2.05) is 0 Å². The van der Waals surface area contributed by atoms with Crippen LogP contribution in [0.2, 0.25) is 10.0 Å². The van der Waals surface area contributed by atoms with Crippen LogP contribution in [0.5, 0.6) is 0 Å². The van der Waals surface area contributed by atoms with E-state index in [0.717, 1.165) is 17.7 Å². The molecule has 0 bridgehead atoms. The summed E-state index contributed by atoms with van der Waals surface area (Å²) >= 11 is 12.5. The van der Waals surface area contributed by atoms with Gasteiger partial charge in [-0.1, -0.05) is 83.9 Å². The molecule has 0 saturated carbocycles. The van der Waals surface area contributed by atoms with Crippen LogP contribution in [-0.2, 0) is 38.8 Å². The molecule has 7 nitrogen and oxygen atoms in total. The molecule has 0 saturated heterocycles. The van der Waals surface area contributed by atoms with Crippen molar-refractivity contribution in [2.75, 3.05) is 10.8 Å². The summed E-state index contributed by atoms with van der Waals surface area (Å²) in [6.07, 6.45) is -4.78. The van der Waals surface area contributed by atoms with Crippen LogP contribution in [-0.4, -0.2) is 43.3 Å². The Labute approximate surface area is 288 Å². The number of nitrogens with one attached hydrogen (secondary N) is 1. The standard InChI is InChI=1S/C35H34Cl2F3N3O4S/c1-34(2,3)41-33(45)31(20-24-10-6-4-7-11-24)42(22-25-14-17-27(36)18-15-25)32(44)23-43(48(46,47)28-12-8-5-9-13-28)30-21-26(35(38,39)40)16-19-29(30)37/h4-19,21,31H,20,22-23H2,1-3H3,(H,41,45)/t31-/m1/s1. The molecule has 0 aliphatic heterocycles. The molecular formula is C35H34Cl2F3N3O4S. The summed E-state index contributed by atoms with van der Waals surface area (Å²) in [5.74, 6) is -1.37. The molecule has 254 valence electrons. The average molecular weight is 721 g/mol. The zero-order chi connectivity index (χ0) is 35.3. The summed E-state index contributed by atoms with van der Waals surface area (Å²) in [5.41, 5.74) is -1.12. The molecule has 0 spiro atoms. The van der Waals surface area contributed by atoms with Crippen molar-refractivity contribution >= 4 is 50.7 Å². The number of halogens is 5. The third-order valence-corrected chi connectivity index (χ3v) is 9.53. The van der Waals surface area contributed by atoms with Crippen LogP contribution in [0.15, 0.2) is 108 Å². The van der Waals surface area contributed by atoms with E-state index in [1.54, 1.807) is 81.4 Å². The van der Waals surface area contributed by atoms with Gasteiger partial charge in [-0.2, -0.15) is 13.2 Å². The minimum Gasteiger partial charge on any atom is -0.350 e. The van der Waals surface area contributed by atoms with Crippen molar-refractivity contribution < 1.29 is 31.2 Å². The maximum absolute atomic E-state index is 14.5. The SMILES string of the molecule is CC(C)(C)NC(=O)[C@@H](Cc1ccccc1)N(Cc1ccc(Cl)cc1)C(=O)CN(c1cc(C(F)(F)F)ccc1Cl)S(=O)(=O)c1ccccc1. The molecule has 1 atom stereocenters. The predicted octanol–water partition coefficient (Wildman–Crippen LogP) is 7.76. The smallest absolute Gasteiger partial charge is 0.350 e. The number of hydrogen-bond donors (Lipinski definition) is 1. The van der Waals surface area contributed by atoms with E-state index in [4.69, 9.17) is 23.2 Å². The van der Waals surface area contributed by atoms with Gasteiger partial charge in [0.1, 0.15) is 12.6 Å². The van der Waals surface area contributed by atoms with Gasteiger partial charge in [0.2, 0.25) is 11.8 Å². The Balaban J connectivity index is 1.88. The third kappa shape index (κ3) is 9.52. The number of rotatable bonds is 11. The topological polar surface area (TPSA) is 86.8 Å². The lowest BCUT2D eigenvalue weighted by Crippen LogP contribution is -2.56. The molecule has 0 unspecified atom stereocenters. The Kier molecular flexibility index (Phi) is 11.5. The fourth-order valence-electron chi connectivity index (χ4n) is 4.91. The van der Waals surface area contributed by atoms with Crippen molar-refractivity contribution in [3.05, 3.63) is 130 Å². The van der Waals surface area contributed by atoms with E-state index in [0.29, 0.717) is 21.0 Å². The van der Waals surface area contributed by atoms with Gasteiger partial charge in [-0.3, -0.25) is 13.9 Å². The normalized spacial score (nSPS) is 12.7. The van der Waals surface area contributed by atoms with Crippen LogP contribution in [0, 0.1) is 0 Å². The van der Waals surface area contributed by atoms with Crippen molar-refractivity contribution in [2.24, 2.45) is 0 Å². The summed E-state index contributed by atoms with van der Waals surface area (Å²) in [6.45, 7) is 4.21. The summed E-state index contributed by atoms with van der Waals surface area (Å²) < 4.78 is 70.3. The largest absolute Gasteiger partial charge is 0.416 e. The molecule has 0 aliphatic carbocycles. The number of alkyl halides is 3.